The Morgan fingerprint density at radius 3 is 2.81 bits per heavy atom. The number of hydrogen-bond donors (Lipinski definition) is 1. The number of amides is 1. The first kappa shape index (κ1) is 15.5. The summed E-state index contributed by atoms with van der Waals surface area (Å²) in [7, 11) is 0. The number of carbonyl (C=O) groups excluding carboxylic acids is 1. The van der Waals surface area contributed by atoms with E-state index in [4.69, 9.17) is 0 Å². The number of aliphatic carboxylic acids is 1. The number of carbonyl (C=O) groups is 2. The van der Waals surface area contributed by atoms with Gasteiger partial charge in [-0.2, -0.15) is 0 Å². The van der Waals surface area contributed by atoms with Crippen LogP contribution in [0.2, 0.25) is 0 Å². The quantitative estimate of drug-likeness (QED) is 0.869. The van der Waals surface area contributed by atoms with Crippen LogP contribution < -0.4 is 0 Å². The molecule has 1 aromatic heterocycles. The van der Waals surface area contributed by atoms with Gasteiger partial charge in [0.15, 0.2) is 0 Å². The van der Waals surface area contributed by atoms with Crippen molar-refractivity contribution in [2.45, 2.75) is 32.6 Å². The van der Waals surface area contributed by atoms with Crippen LogP contribution in [0.1, 0.15) is 31.9 Å². The molecule has 0 spiro atoms. The number of carboxylic acid groups (broad SMARTS) is 1. The molecule has 5 heteroatoms. The van der Waals surface area contributed by atoms with Crippen LogP contribution in [0.25, 0.3) is 0 Å². The van der Waals surface area contributed by atoms with Crippen molar-refractivity contribution in [2.75, 3.05) is 13.1 Å². The van der Waals surface area contributed by atoms with Gasteiger partial charge in [-0.05, 0) is 30.9 Å². The molecule has 2 rings (SSSR count). The number of rotatable bonds is 6. The van der Waals surface area contributed by atoms with Crippen molar-refractivity contribution in [1.29, 1.82) is 0 Å². The highest BCUT2D eigenvalue weighted by atomic mass is 16.4. The van der Waals surface area contributed by atoms with Crippen molar-refractivity contribution in [3.63, 3.8) is 0 Å². The summed E-state index contributed by atoms with van der Waals surface area (Å²) >= 11 is 0. The maximum absolute atomic E-state index is 12.2. The minimum Gasteiger partial charge on any atom is -0.481 e. The highest BCUT2D eigenvalue weighted by Gasteiger charge is 2.38. The van der Waals surface area contributed by atoms with E-state index >= 15 is 0 Å². The number of nitrogens with zero attached hydrogens (tertiary/aromatic N) is 2. The number of pyridine rings is 1. The third kappa shape index (κ3) is 4.03. The lowest BCUT2D eigenvalue weighted by atomic mass is 9.92. The first-order valence-corrected chi connectivity index (χ1v) is 7.52. The van der Waals surface area contributed by atoms with Gasteiger partial charge in [0.1, 0.15) is 0 Å². The van der Waals surface area contributed by atoms with Crippen molar-refractivity contribution in [1.82, 2.24) is 9.88 Å². The topological polar surface area (TPSA) is 70.5 Å². The molecule has 1 N–H and O–H groups in total. The molecule has 1 aromatic rings. The van der Waals surface area contributed by atoms with Crippen LogP contribution in [0.5, 0.6) is 0 Å². The van der Waals surface area contributed by atoms with Gasteiger partial charge < -0.3 is 10.0 Å². The van der Waals surface area contributed by atoms with Crippen LogP contribution in [0.15, 0.2) is 24.4 Å². The molecule has 0 unspecified atom stereocenters. The Bertz CT molecular complexity index is 490. The number of hydrogen-bond acceptors (Lipinski definition) is 3. The summed E-state index contributed by atoms with van der Waals surface area (Å²) < 4.78 is 0. The second kappa shape index (κ2) is 7.20. The lowest BCUT2D eigenvalue weighted by Gasteiger charge is -2.16. The van der Waals surface area contributed by atoms with E-state index < -0.39 is 11.9 Å². The minimum atomic E-state index is -0.784. The van der Waals surface area contributed by atoms with Crippen LogP contribution in [-0.4, -0.2) is 40.0 Å². The van der Waals surface area contributed by atoms with Gasteiger partial charge in [0.25, 0.3) is 0 Å². The molecule has 1 fully saturated rings. The fourth-order valence-corrected chi connectivity index (χ4v) is 2.96. The molecule has 0 aliphatic carbocycles. The SMILES string of the molecule is CCC[C@@H]1CN(C(=O)CCc2ccccn2)C[C@H]1C(=O)O. The Labute approximate surface area is 125 Å². The Hall–Kier alpha value is -1.91. The van der Waals surface area contributed by atoms with Crippen molar-refractivity contribution in [3.05, 3.63) is 30.1 Å². The first-order valence-electron chi connectivity index (χ1n) is 7.52. The van der Waals surface area contributed by atoms with E-state index in [1.807, 2.05) is 25.1 Å². The van der Waals surface area contributed by atoms with Gasteiger partial charge in [-0.25, -0.2) is 0 Å². The Morgan fingerprint density at radius 2 is 2.19 bits per heavy atom. The van der Waals surface area contributed by atoms with Gasteiger partial charge in [0.05, 0.1) is 5.92 Å². The zero-order valence-corrected chi connectivity index (χ0v) is 12.4. The molecule has 2 heterocycles. The highest BCUT2D eigenvalue weighted by molar-refractivity contribution is 5.79. The summed E-state index contributed by atoms with van der Waals surface area (Å²) in [5.74, 6) is -1.07. The summed E-state index contributed by atoms with van der Waals surface area (Å²) in [6.07, 6.45) is 4.52. The van der Waals surface area contributed by atoms with E-state index in [1.165, 1.54) is 0 Å². The molecule has 2 atom stereocenters. The van der Waals surface area contributed by atoms with Crippen molar-refractivity contribution in [2.24, 2.45) is 11.8 Å². The van der Waals surface area contributed by atoms with Crippen LogP contribution in [0.3, 0.4) is 0 Å². The highest BCUT2D eigenvalue weighted by Crippen LogP contribution is 2.28. The largest absolute Gasteiger partial charge is 0.481 e. The molecular formula is C16H22N2O3. The Balaban J connectivity index is 1.89. The molecule has 21 heavy (non-hydrogen) atoms. The molecule has 114 valence electrons. The van der Waals surface area contributed by atoms with E-state index in [0.29, 0.717) is 25.9 Å². The van der Waals surface area contributed by atoms with Crippen molar-refractivity contribution >= 4 is 11.9 Å². The van der Waals surface area contributed by atoms with Crippen LogP contribution >= 0.6 is 0 Å². The Kier molecular flexibility index (Phi) is 5.31. The monoisotopic (exact) mass is 290 g/mol. The zero-order valence-electron chi connectivity index (χ0n) is 12.4. The van der Waals surface area contributed by atoms with E-state index in [9.17, 15) is 14.7 Å². The maximum Gasteiger partial charge on any atom is 0.308 e. The molecule has 0 saturated carbocycles. The minimum absolute atomic E-state index is 0.0329. The number of aromatic nitrogens is 1. The second-order valence-electron chi connectivity index (χ2n) is 5.61. The van der Waals surface area contributed by atoms with E-state index in [0.717, 1.165) is 18.5 Å². The summed E-state index contributed by atoms with van der Waals surface area (Å²) in [5, 5.41) is 9.27. The summed E-state index contributed by atoms with van der Waals surface area (Å²) in [6, 6.07) is 5.65. The Morgan fingerprint density at radius 1 is 1.38 bits per heavy atom. The molecular weight excluding hydrogens is 268 g/mol. The van der Waals surface area contributed by atoms with Crippen molar-refractivity contribution in [3.8, 4) is 0 Å². The number of likely N-dealkylation sites (tertiary alicyclic amines) is 1. The van der Waals surface area contributed by atoms with Gasteiger partial charge in [0.2, 0.25) is 5.91 Å². The molecule has 0 radical (unpaired) electrons. The normalized spacial score (nSPS) is 21.5. The van der Waals surface area contributed by atoms with Crippen LogP contribution in [0.4, 0.5) is 0 Å². The molecule has 1 aliphatic rings. The molecule has 5 nitrogen and oxygen atoms in total. The maximum atomic E-state index is 12.2. The van der Waals surface area contributed by atoms with E-state index in [-0.39, 0.29) is 11.8 Å². The zero-order chi connectivity index (χ0) is 15.2. The van der Waals surface area contributed by atoms with Crippen LogP contribution in [0, 0.1) is 11.8 Å². The third-order valence-electron chi connectivity index (χ3n) is 4.09. The van der Waals surface area contributed by atoms with Gasteiger partial charge in [0, 0.05) is 31.4 Å². The number of carboxylic acids is 1. The molecule has 1 amide bonds. The summed E-state index contributed by atoms with van der Waals surface area (Å²) in [5.41, 5.74) is 0.893. The predicted octanol–water partition coefficient (Wildman–Crippen LogP) is 1.97. The fraction of sp³-hybridized carbons (Fsp3) is 0.562. The third-order valence-corrected chi connectivity index (χ3v) is 4.09. The lowest BCUT2D eigenvalue weighted by Crippen LogP contribution is -2.30. The van der Waals surface area contributed by atoms with E-state index in [2.05, 4.69) is 4.98 Å². The van der Waals surface area contributed by atoms with Gasteiger partial charge in [-0.1, -0.05) is 19.4 Å². The number of aryl methyl sites for hydroxylation is 1. The van der Waals surface area contributed by atoms with E-state index in [1.54, 1.807) is 11.1 Å². The smallest absolute Gasteiger partial charge is 0.308 e. The molecule has 1 saturated heterocycles. The molecule has 0 aromatic carbocycles. The van der Waals surface area contributed by atoms with Crippen molar-refractivity contribution < 1.29 is 14.7 Å². The van der Waals surface area contributed by atoms with Gasteiger partial charge in [-0.15, -0.1) is 0 Å². The fourth-order valence-electron chi connectivity index (χ4n) is 2.96. The van der Waals surface area contributed by atoms with Gasteiger partial charge in [-0.3, -0.25) is 14.6 Å². The lowest BCUT2D eigenvalue weighted by molar-refractivity contribution is -0.142. The average molecular weight is 290 g/mol. The van der Waals surface area contributed by atoms with Gasteiger partial charge >= 0.3 is 5.97 Å². The summed E-state index contributed by atoms with van der Waals surface area (Å²) in [6.45, 7) is 2.97. The molecule has 1 aliphatic heterocycles. The second-order valence-corrected chi connectivity index (χ2v) is 5.61. The molecule has 0 bridgehead atoms. The predicted molar refractivity (Wildman–Crippen MR) is 78.7 cm³/mol. The average Bonchev–Trinajstić information content (AvgIpc) is 2.90. The standard InChI is InChI=1S/C16H22N2O3/c1-2-5-12-10-18(11-14(12)16(20)21)15(19)8-7-13-6-3-4-9-17-13/h3-4,6,9,12,14H,2,5,7-8,10-11H2,1H3,(H,20,21)/t12-,14-/m1/s1. The summed E-state index contributed by atoms with van der Waals surface area (Å²) in [4.78, 5) is 29.4. The first-order chi connectivity index (χ1) is 10.1. The van der Waals surface area contributed by atoms with Crippen LogP contribution in [-0.2, 0) is 16.0 Å².